The zero-order valence-electron chi connectivity index (χ0n) is 24.0. The van der Waals surface area contributed by atoms with E-state index < -0.39 is 23.7 Å². The van der Waals surface area contributed by atoms with Crippen molar-refractivity contribution in [2.75, 3.05) is 11.4 Å². The number of likely N-dealkylation sites (N-methyl/N-ethyl adjacent to an activating group) is 1. The van der Waals surface area contributed by atoms with Gasteiger partial charge in [-0.05, 0) is 51.1 Å². The van der Waals surface area contributed by atoms with Crippen molar-refractivity contribution in [3.05, 3.63) is 114 Å². The van der Waals surface area contributed by atoms with Crippen molar-refractivity contribution >= 4 is 17.6 Å². The second-order valence-corrected chi connectivity index (χ2v) is 8.57. The summed E-state index contributed by atoms with van der Waals surface area (Å²) in [5, 5.41) is 6.98. The van der Waals surface area contributed by atoms with E-state index in [1.54, 1.807) is 17.8 Å². The Hall–Kier alpha value is -4.40. The van der Waals surface area contributed by atoms with Gasteiger partial charge in [0.15, 0.2) is 0 Å². The summed E-state index contributed by atoms with van der Waals surface area (Å²) >= 11 is 0. The molecule has 0 radical (unpaired) electrons. The zero-order valence-corrected chi connectivity index (χ0v) is 24.0. The lowest BCUT2D eigenvalue weighted by molar-refractivity contribution is -0.137. The Labute approximate surface area is 239 Å². The highest BCUT2D eigenvalue weighted by molar-refractivity contribution is 6.04. The third-order valence-corrected chi connectivity index (χ3v) is 5.85. The number of alkyl halides is 3. The predicted octanol–water partition coefficient (Wildman–Crippen LogP) is 7.32. The molecule has 1 aliphatic rings. The highest BCUT2D eigenvalue weighted by Gasteiger charge is 2.37. The number of amides is 2. The Balaban J connectivity index is 0.000000509. The largest absolute Gasteiger partial charge is 0.416 e. The number of para-hydroxylation sites is 1. The van der Waals surface area contributed by atoms with Gasteiger partial charge in [-0.3, -0.25) is 14.5 Å². The molecule has 1 unspecified atom stereocenters. The van der Waals surface area contributed by atoms with Crippen LogP contribution in [0.5, 0.6) is 0 Å². The molecule has 0 aliphatic carbocycles. The Morgan fingerprint density at radius 1 is 1.00 bits per heavy atom. The van der Waals surface area contributed by atoms with Gasteiger partial charge in [-0.2, -0.15) is 18.3 Å². The molecule has 0 saturated heterocycles. The van der Waals surface area contributed by atoms with Crippen LogP contribution in [0.15, 0.2) is 97.3 Å². The molecule has 1 atom stereocenters. The van der Waals surface area contributed by atoms with E-state index in [0.29, 0.717) is 12.4 Å². The minimum Gasteiger partial charge on any atom is -0.340 e. The van der Waals surface area contributed by atoms with Crippen LogP contribution < -0.4 is 10.2 Å². The van der Waals surface area contributed by atoms with E-state index in [4.69, 9.17) is 0 Å². The molecular formula is C32H37F3N4O2. The predicted molar refractivity (Wildman–Crippen MR) is 158 cm³/mol. The molecule has 2 aromatic carbocycles. The number of nitrogens with zero attached hydrogens (tertiary/aromatic N) is 3. The number of anilines is 1. The molecule has 218 valence electrons. The minimum atomic E-state index is -4.56. The maximum absolute atomic E-state index is 13.1. The first-order valence-electron chi connectivity index (χ1n) is 13.5. The summed E-state index contributed by atoms with van der Waals surface area (Å²) in [4.78, 5) is 27.2. The first-order valence-corrected chi connectivity index (χ1v) is 13.5. The van der Waals surface area contributed by atoms with Gasteiger partial charge in [-0.25, -0.2) is 4.68 Å². The van der Waals surface area contributed by atoms with Crippen LogP contribution in [0.3, 0.4) is 0 Å². The van der Waals surface area contributed by atoms with Gasteiger partial charge < -0.3 is 5.32 Å². The van der Waals surface area contributed by atoms with Crippen LogP contribution in [0.25, 0.3) is 5.69 Å². The molecule has 1 N–H and O–H groups in total. The van der Waals surface area contributed by atoms with Gasteiger partial charge in [0.25, 0.3) is 11.8 Å². The van der Waals surface area contributed by atoms with Gasteiger partial charge >= 0.3 is 6.18 Å². The molecular weight excluding hydrogens is 529 g/mol. The average molecular weight is 567 g/mol. The van der Waals surface area contributed by atoms with Crippen molar-refractivity contribution in [3.63, 3.8) is 0 Å². The zero-order chi connectivity index (χ0) is 30.4. The van der Waals surface area contributed by atoms with Crippen molar-refractivity contribution in [1.29, 1.82) is 0 Å². The molecule has 2 amide bonds. The van der Waals surface area contributed by atoms with E-state index in [1.165, 1.54) is 17.0 Å². The fourth-order valence-corrected chi connectivity index (χ4v) is 4.01. The van der Waals surface area contributed by atoms with Crippen molar-refractivity contribution in [3.8, 4) is 5.69 Å². The number of nitrogens with one attached hydrogen (secondary N) is 1. The second-order valence-electron chi connectivity index (χ2n) is 8.57. The van der Waals surface area contributed by atoms with Crippen LogP contribution in [0.2, 0.25) is 0 Å². The fourth-order valence-electron chi connectivity index (χ4n) is 4.01. The molecule has 3 aromatic rings. The van der Waals surface area contributed by atoms with Crippen molar-refractivity contribution in [2.24, 2.45) is 0 Å². The van der Waals surface area contributed by atoms with E-state index in [2.05, 4.69) is 10.4 Å². The quantitative estimate of drug-likeness (QED) is 0.318. The molecule has 0 bridgehead atoms. The summed E-state index contributed by atoms with van der Waals surface area (Å²) < 4.78 is 40.5. The monoisotopic (exact) mass is 566 g/mol. The Morgan fingerprint density at radius 2 is 1.63 bits per heavy atom. The Bertz CT molecular complexity index is 1340. The molecule has 2 heterocycles. The summed E-state index contributed by atoms with van der Waals surface area (Å²) in [5.74, 6) is -0.448. The van der Waals surface area contributed by atoms with Gasteiger partial charge in [-0.15, -0.1) is 0 Å². The van der Waals surface area contributed by atoms with Crippen LogP contribution >= 0.6 is 0 Å². The molecule has 0 fully saturated rings. The van der Waals surface area contributed by atoms with Crippen molar-refractivity contribution < 1.29 is 22.8 Å². The van der Waals surface area contributed by atoms with E-state index >= 15 is 0 Å². The van der Waals surface area contributed by atoms with Gasteiger partial charge in [0.05, 0.1) is 17.4 Å². The SMILES string of the molecule is CC.CCN1C(=O)C(NC(=O)c2cccc(C(F)(F)F)c2)Cc2cnn(-c3ccccc3)c21.C\C=C/C=C\C=C/C. The number of halogens is 3. The Kier molecular flexibility index (Phi) is 12.8. The van der Waals surface area contributed by atoms with E-state index in [-0.39, 0.29) is 17.9 Å². The number of hydrogen-bond donors (Lipinski definition) is 1. The normalized spacial score (nSPS) is 14.9. The molecule has 0 spiro atoms. The van der Waals surface area contributed by atoms with Crippen LogP contribution in [0.1, 0.15) is 56.1 Å². The Morgan fingerprint density at radius 3 is 2.20 bits per heavy atom. The number of hydrogen-bond acceptors (Lipinski definition) is 3. The lowest BCUT2D eigenvalue weighted by Gasteiger charge is -2.32. The van der Waals surface area contributed by atoms with Crippen LogP contribution in [-0.2, 0) is 17.4 Å². The number of carbonyl (C=O) groups excluding carboxylic acids is 2. The third kappa shape index (κ3) is 8.79. The number of rotatable bonds is 6. The number of carbonyl (C=O) groups is 2. The maximum Gasteiger partial charge on any atom is 0.416 e. The molecule has 0 saturated carbocycles. The van der Waals surface area contributed by atoms with Gasteiger partial charge in [-0.1, -0.05) is 74.6 Å². The van der Waals surface area contributed by atoms with Gasteiger partial charge in [0.2, 0.25) is 0 Å². The highest BCUT2D eigenvalue weighted by atomic mass is 19.4. The van der Waals surface area contributed by atoms with Crippen molar-refractivity contribution in [1.82, 2.24) is 15.1 Å². The number of benzene rings is 2. The van der Waals surface area contributed by atoms with E-state index in [0.717, 1.165) is 23.4 Å². The molecule has 41 heavy (non-hydrogen) atoms. The van der Waals surface area contributed by atoms with E-state index in [1.807, 2.05) is 94.5 Å². The smallest absolute Gasteiger partial charge is 0.340 e. The average Bonchev–Trinajstić information content (AvgIpc) is 3.41. The van der Waals surface area contributed by atoms with Crippen LogP contribution in [0, 0.1) is 0 Å². The number of allylic oxidation sites excluding steroid dienone is 6. The summed E-state index contributed by atoms with van der Waals surface area (Å²) in [6.07, 6.45) is 9.28. The minimum absolute atomic E-state index is 0.156. The first kappa shape index (κ1) is 32.8. The van der Waals surface area contributed by atoms with E-state index in [9.17, 15) is 22.8 Å². The van der Waals surface area contributed by atoms with Crippen LogP contribution in [-0.4, -0.2) is 34.2 Å². The summed E-state index contributed by atoms with van der Waals surface area (Å²) in [5.41, 5.74) is 0.481. The lowest BCUT2D eigenvalue weighted by atomic mass is 10.0. The topological polar surface area (TPSA) is 67.2 Å². The molecule has 6 nitrogen and oxygen atoms in total. The number of fused-ring (bicyclic) bond motifs is 1. The second kappa shape index (κ2) is 16.0. The van der Waals surface area contributed by atoms with Crippen molar-refractivity contribution in [2.45, 2.75) is 53.3 Å². The molecule has 1 aliphatic heterocycles. The third-order valence-electron chi connectivity index (χ3n) is 5.85. The summed E-state index contributed by atoms with van der Waals surface area (Å²) in [6.45, 7) is 10.2. The fraction of sp³-hybridized carbons (Fsp3) is 0.281. The summed E-state index contributed by atoms with van der Waals surface area (Å²) in [6, 6.07) is 12.6. The van der Waals surface area contributed by atoms with Crippen LogP contribution in [0.4, 0.5) is 19.0 Å². The standard InChI is InChI=1S/C22H19F3N4O2.C8H12.C2H6/c1-2-28-20-15(13-26-29(20)17-9-4-3-5-10-17)12-18(21(28)31)27-19(30)14-7-6-8-16(11-14)22(23,24)25;1-3-5-7-8-6-4-2;1-2/h3-11,13,18H,2,12H2,1H3,(H,27,30);3-8H,1-2H3;1-2H3/b;5-3-,6-4-,8-7-;. The first-order chi connectivity index (χ1) is 19.7. The molecule has 1 aromatic heterocycles. The highest BCUT2D eigenvalue weighted by Crippen LogP contribution is 2.31. The molecule has 4 rings (SSSR count). The molecule has 9 heteroatoms. The summed E-state index contributed by atoms with van der Waals surface area (Å²) in [7, 11) is 0. The number of aromatic nitrogens is 2. The maximum atomic E-state index is 13.1. The lowest BCUT2D eigenvalue weighted by Crippen LogP contribution is -2.53. The van der Waals surface area contributed by atoms with Gasteiger partial charge in [0.1, 0.15) is 11.9 Å². The van der Waals surface area contributed by atoms with Gasteiger partial charge in [0, 0.05) is 24.1 Å².